The van der Waals surface area contributed by atoms with Gasteiger partial charge < -0.3 is 10.6 Å². The largest absolute Gasteiger partial charge is 0.348 e. The molecule has 3 aromatic carbocycles. The van der Waals surface area contributed by atoms with E-state index in [0.29, 0.717) is 24.2 Å². The smallest absolute Gasteiger partial charge is 0.251 e. The molecule has 4 heteroatoms. The minimum absolute atomic E-state index is 0.0959. The van der Waals surface area contributed by atoms with Crippen molar-refractivity contribution >= 4 is 11.8 Å². The second-order valence-corrected chi connectivity index (χ2v) is 10.8. The van der Waals surface area contributed by atoms with Gasteiger partial charge in [0.15, 0.2) is 0 Å². The Morgan fingerprint density at radius 3 is 1.26 bits per heavy atom. The number of carbonyl (C=O) groups excluding carboxylic acids is 2. The van der Waals surface area contributed by atoms with Gasteiger partial charge in [0.05, 0.1) is 0 Å². The Labute approximate surface area is 203 Å². The summed E-state index contributed by atoms with van der Waals surface area (Å²) in [5.74, 6) is -0.403. The van der Waals surface area contributed by atoms with Crippen LogP contribution in [0.25, 0.3) is 0 Å². The van der Waals surface area contributed by atoms with Gasteiger partial charge in [-0.25, -0.2) is 0 Å². The summed E-state index contributed by atoms with van der Waals surface area (Å²) in [6.07, 6.45) is 0. The van der Waals surface area contributed by atoms with Crippen LogP contribution < -0.4 is 10.6 Å². The third-order valence-electron chi connectivity index (χ3n) is 5.93. The molecule has 4 nitrogen and oxygen atoms in total. The van der Waals surface area contributed by atoms with Gasteiger partial charge in [0, 0.05) is 24.2 Å². The molecule has 0 atom stereocenters. The summed E-state index contributed by atoms with van der Waals surface area (Å²) in [7, 11) is 0. The number of hydrogen-bond acceptors (Lipinski definition) is 2. The van der Waals surface area contributed by atoms with Crippen LogP contribution >= 0.6 is 0 Å². The Morgan fingerprint density at radius 2 is 0.941 bits per heavy atom. The zero-order chi connectivity index (χ0) is 24.9. The maximum atomic E-state index is 12.7. The van der Waals surface area contributed by atoms with Crippen molar-refractivity contribution in [3.8, 4) is 0 Å². The molecule has 0 heterocycles. The molecule has 0 saturated carbocycles. The minimum atomic E-state index is -0.202. The minimum Gasteiger partial charge on any atom is -0.348 e. The lowest BCUT2D eigenvalue weighted by molar-refractivity contribution is 0.0950. The highest BCUT2D eigenvalue weighted by Gasteiger charge is 2.15. The lowest BCUT2D eigenvalue weighted by Gasteiger charge is -2.19. The maximum absolute atomic E-state index is 12.7. The Hall–Kier alpha value is -3.40. The molecule has 2 amide bonds. The van der Waals surface area contributed by atoms with Crippen LogP contribution in [0.5, 0.6) is 0 Å². The number of rotatable bonds is 6. The van der Waals surface area contributed by atoms with E-state index in [1.165, 1.54) is 11.1 Å². The molecule has 0 aliphatic rings. The first-order valence-corrected chi connectivity index (χ1v) is 11.8. The Morgan fingerprint density at radius 1 is 0.588 bits per heavy atom. The third kappa shape index (κ3) is 6.80. The normalized spacial score (nSPS) is 11.7. The number of amides is 2. The highest BCUT2D eigenvalue weighted by molar-refractivity contribution is 5.99. The lowest BCUT2D eigenvalue weighted by Crippen LogP contribution is -2.25. The first-order chi connectivity index (χ1) is 15.9. The van der Waals surface area contributed by atoms with E-state index in [-0.39, 0.29) is 22.6 Å². The van der Waals surface area contributed by atoms with E-state index >= 15 is 0 Å². The van der Waals surface area contributed by atoms with Crippen LogP contribution in [0.2, 0.25) is 0 Å². The van der Waals surface area contributed by atoms with E-state index < -0.39 is 0 Å². The van der Waals surface area contributed by atoms with Crippen molar-refractivity contribution in [3.63, 3.8) is 0 Å². The van der Waals surface area contributed by atoms with Crippen LogP contribution in [0.3, 0.4) is 0 Å². The van der Waals surface area contributed by atoms with Gasteiger partial charge in [0.2, 0.25) is 0 Å². The third-order valence-corrected chi connectivity index (χ3v) is 5.93. The van der Waals surface area contributed by atoms with Crippen LogP contribution in [0.15, 0.2) is 72.8 Å². The summed E-state index contributed by atoms with van der Waals surface area (Å²) in [6, 6.07) is 23.4. The van der Waals surface area contributed by atoms with Crippen molar-refractivity contribution in [3.05, 3.63) is 106 Å². The van der Waals surface area contributed by atoms with E-state index in [0.717, 1.165) is 11.1 Å². The maximum Gasteiger partial charge on any atom is 0.251 e. The summed E-state index contributed by atoms with van der Waals surface area (Å²) in [6.45, 7) is 13.9. The van der Waals surface area contributed by atoms with Crippen molar-refractivity contribution in [2.75, 3.05) is 0 Å². The topological polar surface area (TPSA) is 58.2 Å². The van der Waals surface area contributed by atoms with Gasteiger partial charge in [-0.3, -0.25) is 9.59 Å². The second-order valence-electron chi connectivity index (χ2n) is 10.8. The molecule has 3 aromatic rings. The predicted octanol–water partition coefficient (Wildman–Crippen LogP) is 6.14. The molecule has 0 bridgehead atoms. The molecular weight excluding hydrogens is 420 g/mol. The fourth-order valence-electron chi connectivity index (χ4n) is 3.62. The predicted molar refractivity (Wildman–Crippen MR) is 139 cm³/mol. The van der Waals surface area contributed by atoms with Gasteiger partial charge in [0.25, 0.3) is 11.8 Å². The molecule has 0 aromatic heterocycles. The lowest BCUT2D eigenvalue weighted by atomic mass is 9.87. The first-order valence-electron chi connectivity index (χ1n) is 11.8. The van der Waals surface area contributed by atoms with E-state index in [1.54, 1.807) is 24.3 Å². The summed E-state index contributed by atoms with van der Waals surface area (Å²) in [4.78, 5) is 25.3. The van der Waals surface area contributed by atoms with Crippen molar-refractivity contribution in [2.45, 2.75) is 65.5 Å². The second kappa shape index (κ2) is 10.3. The zero-order valence-corrected chi connectivity index (χ0v) is 21.2. The van der Waals surface area contributed by atoms with Gasteiger partial charge in [-0.1, -0.05) is 96.1 Å². The molecule has 0 spiro atoms. The number of nitrogens with one attached hydrogen (secondary N) is 2. The van der Waals surface area contributed by atoms with E-state index in [2.05, 4.69) is 76.4 Å². The van der Waals surface area contributed by atoms with E-state index in [1.807, 2.05) is 24.3 Å². The van der Waals surface area contributed by atoms with Crippen molar-refractivity contribution in [1.29, 1.82) is 0 Å². The Balaban J connectivity index is 1.57. The molecule has 178 valence electrons. The van der Waals surface area contributed by atoms with Gasteiger partial charge in [0.1, 0.15) is 0 Å². The fraction of sp³-hybridized carbons (Fsp3) is 0.333. The Bertz CT molecular complexity index is 1040. The van der Waals surface area contributed by atoms with Crippen molar-refractivity contribution in [2.24, 2.45) is 0 Å². The average molecular weight is 457 g/mol. The average Bonchev–Trinajstić information content (AvgIpc) is 2.80. The van der Waals surface area contributed by atoms with Gasteiger partial charge in [-0.2, -0.15) is 0 Å². The van der Waals surface area contributed by atoms with Crippen LogP contribution in [-0.2, 0) is 23.9 Å². The van der Waals surface area contributed by atoms with Crippen LogP contribution in [0.4, 0.5) is 0 Å². The molecule has 0 aliphatic heterocycles. The van der Waals surface area contributed by atoms with Crippen LogP contribution in [0.1, 0.15) is 84.5 Å². The summed E-state index contributed by atoms with van der Waals surface area (Å²) in [5, 5.41) is 5.89. The number of carbonyl (C=O) groups is 2. The SMILES string of the molecule is CC(C)(C)c1ccc(CNC(=O)c2cccc(C(=O)NCc3ccc(C(C)(C)C)cc3)c2)cc1. The van der Waals surface area contributed by atoms with Gasteiger partial charge in [-0.05, 0) is 51.3 Å². The van der Waals surface area contributed by atoms with Crippen LogP contribution in [-0.4, -0.2) is 11.8 Å². The number of hydrogen-bond donors (Lipinski definition) is 2. The highest BCUT2D eigenvalue weighted by Crippen LogP contribution is 2.23. The molecule has 34 heavy (non-hydrogen) atoms. The van der Waals surface area contributed by atoms with Crippen LogP contribution in [0, 0.1) is 0 Å². The quantitative estimate of drug-likeness (QED) is 0.468. The molecule has 0 aliphatic carbocycles. The molecule has 0 fully saturated rings. The van der Waals surface area contributed by atoms with Gasteiger partial charge in [-0.15, -0.1) is 0 Å². The van der Waals surface area contributed by atoms with Crippen molar-refractivity contribution in [1.82, 2.24) is 10.6 Å². The molecule has 0 unspecified atom stereocenters. The molecule has 0 radical (unpaired) electrons. The summed E-state index contributed by atoms with van der Waals surface area (Å²) < 4.78 is 0. The highest BCUT2D eigenvalue weighted by atomic mass is 16.2. The summed E-state index contributed by atoms with van der Waals surface area (Å²) >= 11 is 0. The van der Waals surface area contributed by atoms with E-state index in [9.17, 15) is 9.59 Å². The number of benzene rings is 3. The molecular formula is C30H36N2O2. The zero-order valence-electron chi connectivity index (χ0n) is 21.2. The Kier molecular flexibility index (Phi) is 7.61. The van der Waals surface area contributed by atoms with E-state index in [4.69, 9.17) is 0 Å². The monoisotopic (exact) mass is 456 g/mol. The standard InChI is InChI=1S/C30H36N2O2/c1-29(2,3)25-14-10-21(11-15-25)19-31-27(33)23-8-7-9-24(18-23)28(34)32-20-22-12-16-26(17-13-22)30(4,5)6/h7-18H,19-20H2,1-6H3,(H,31,33)(H,32,34). The molecule has 0 saturated heterocycles. The van der Waals surface area contributed by atoms with Crippen molar-refractivity contribution < 1.29 is 9.59 Å². The van der Waals surface area contributed by atoms with Gasteiger partial charge >= 0.3 is 0 Å². The summed E-state index contributed by atoms with van der Waals surface area (Å²) in [5.41, 5.74) is 5.71. The molecule has 3 rings (SSSR count). The fourth-order valence-corrected chi connectivity index (χ4v) is 3.62. The molecule has 2 N–H and O–H groups in total. The first kappa shape index (κ1) is 25.2.